The topological polar surface area (TPSA) is 72.5 Å². The average molecular weight is 327 g/mol. The molecule has 3 N–H and O–H groups in total. The highest BCUT2D eigenvalue weighted by Crippen LogP contribution is 2.23. The van der Waals surface area contributed by atoms with E-state index in [1.54, 1.807) is 42.5 Å². The summed E-state index contributed by atoms with van der Waals surface area (Å²) < 4.78 is 5.43. The van der Waals surface area contributed by atoms with Gasteiger partial charge in [-0.25, -0.2) is 0 Å². The summed E-state index contributed by atoms with van der Waals surface area (Å²) in [4.78, 5) is 12.8. The van der Waals surface area contributed by atoms with E-state index in [9.17, 15) is 9.90 Å². The summed E-state index contributed by atoms with van der Waals surface area (Å²) >= 11 is 0. The number of carbonyl (C=O) groups is 1. The lowest BCUT2D eigenvalue weighted by atomic mass is 9.95. The summed E-state index contributed by atoms with van der Waals surface area (Å²) in [6, 6.07) is 12.0. The van der Waals surface area contributed by atoms with Gasteiger partial charge in [0.2, 0.25) is 0 Å². The van der Waals surface area contributed by atoms with Crippen molar-refractivity contribution >= 4 is 5.78 Å². The number of hydrogen-bond acceptors (Lipinski definition) is 4. The number of ether oxygens (including phenoxy) is 1. The van der Waals surface area contributed by atoms with Gasteiger partial charge in [0.15, 0.2) is 5.78 Å². The van der Waals surface area contributed by atoms with Crippen LogP contribution in [0.15, 0.2) is 42.5 Å². The van der Waals surface area contributed by atoms with Gasteiger partial charge in [0.1, 0.15) is 18.1 Å². The van der Waals surface area contributed by atoms with Crippen molar-refractivity contribution in [3.05, 3.63) is 59.2 Å². The average Bonchev–Trinajstić information content (AvgIpc) is 2.60. The Balaban J connectivity index is 2.19. The van der Waals surface area contributed by atoms with Crippen LogP contribution in [0.2, 0.25) is 0 Å². The van der Waals surface area contributed by atoms with Crippen molar-refractivity contribution in [2.24, 2.45) is 5.73 Å². The van der Waals surface area contributed by atoms with Crippen molar-refractivity contribution < 1.29 is 14.6 Å². The summed E-state index contributed by atoms with van der Waals surface area (Å²) in [5.74, 6) is 0.862. The van der Waals surface area contributed by atoms with E-state index < -0.39 is 0 Å². The molecule has 0 saturated carbocycles. The Bertz CT molecular complexity index is 665. The van der Waals surface area contributed by atoms with E-state index in [0.29, 0.717) is 30.0 Å². The first-order valence-electron chi connectivity index (χ1n) is 8.45. The zero-order valence-electron chi connectivity index (χ0n) is 14.1. The molecule has 2 aromatic rings. The smallest absolute Gasteiger partial charge is 0.193 e. The molecule has 2 rings (SSSR count). The van der Waals surface area contributed by atoms with Crippen molar-refractivity contribution in [2.45, 2.75) is 32.6 Å². The molecule has 0 aliphatic carbocycles. The van der Waals surface area contributed by atoms with Crippen molar-refractivity contribution in [1.82, 2.24) is 0 Å². The third-order valence-electron chi connectivity index (χ3n) is 3.89. The zero-order chi connectivity index (χ0) is 17.4. The number of phenols is 1. The Morgan fingerprint density at radius 1 is 1.12 bits per heavy atom. The van der Waals surface area contributed by atoms with Crippen LogP contribution < -0.4 is 10.5 Å². The number of hydrogen-bond donors (Lipinski definition) is 2. The van der Waals surface area contributed by atoms with Crippen LogP contribution in [0, 0.1) is 0 Å². The van der Waals surface area contributed by atoms with E-state index in [1.165, 1.54) is 0 Å². The number of unbranched alkanes of at least 4 members (excludes halogenated alkanes) is 2. The molecule has 0 fully saturated rings. The van der Waals surface area contributed by atoms with Gasteiger partial charge in [-0.2, -0.15) is 0 Å². The van der Waals surface area contributed by atoms with E-state index in [2.05, 4.69) is 6.92 Å². The Hall–Kier alpha value is -2.33. The Labute approximate surface area is 143 Å². The first-order valence-corrected chi connectivity index (χ1v) is 8.45. The van der Waals surface area contributed by atoms with E-state index in [-0.39, 0.29) is 11.5 Å². The molecule has 0 amide bonds. The van der Waals surface area contributed by atoms with Crippen molar-refractivity contribution in [3.8, 4) is 11.5 Å². The molecule has 0 aromatic heterocycles. The van der Waals surface area contributed by atoms with Gasteiger partial charge >= 0.3 is 0 Å². The minimum absolute atomic E-state index is 0.0353. The minimum Gasteiger partial charge on any atom is -0.508 e. The number of nitrogens with two attached hydrogens (primary N) is 1. The zero-order valence-corrected chi connectivity index (χ0v) is 14.1. The molecular formula is C20H25NO3. The number of ketones is 1. The summed E-state index contributed by atoms with van der Waals surface area (Å²) in [7, 11) is 0. The Morgan fingerprint density at radius 2 is 1.88 bits per heavy atom. The minimum atomic E-state index is -0.0353. The second-order valence-electron chi connectivity index (χ2n) is 5.79. The molecular weight excluding hydrogens is 302 g/mol. The van der Waals surface area contributed by atoms with Crippen LogP contribution in [0.1, 0.15) is 47.7 Å². The number of rotatable bonds is 9. The lowest BCUT2D eigenvalue weighted by Gasteiger charge is -2.10. The molecule has 4 nitrogen and oxygen atoms in total. The second-order valence-corrected chi connectivity index (χ2v) is 5.79. The second kappa shape index (κ2) is 9.08. The third kappa shape index (κ3) is 4.83. The van der Waals surface area contributed by atoms with Gasteiger partial charge in [-0.15, -0.1) is 0 Å². The molecule has 0 aliphatic heterocycles. The van der Waals surface area contributed by atoms with Crippen LogP contribution in [0.25, 0.3) is 0 Å². The SMILES string of the molecule is CCCCCc1cc(O)ccc1C(=O)c1ccc(OCCN)cc1. The molecule has 2 aromatic carbocycles. The van der Waals surface area contributed by atoms with E-state index >= 15 is 0 Å². The molecule has 0 unspecified atom stereocenters. The predicted octanol–water partition coefficient (Wildman–Crippen LogP) is 3.69. The van der Waals surface area contributed by atoms with Crippen molar-refractivity contribution in [1.29, 1.82) is 0 Å². The standard InChI is InChI=1S/C20H25NO3/c1-2-3-4-5-16-14-17(22)8-11-19(16)20(23)15-6-9-18(10-7-15)24-13-12-21/h6-11,14,22H,2-5,12-13,21H2,1H3. The van der Waals surface area contributed by atoms with Gasteiger partial charge in [-0.1, -0.05) is 19.8 Å². The summed E-state index contributed by atoms with van der Waals surface area (Å²) in [5.41, 5.74) is 7.57. The molecule has 0 spiro atoms. The summed E-state index contributed by atoms with van der Waals surface area (Å²) in [5, 5.41) is 9.73. The van der Waals surface area contributed by atoms with Gasteiger partial charge in [0.05, 0.1) is 0 Å². The summed E-state index contributed by atoms with van der Waals surface area (Å²) in [6.07, 6.45) is 4.02. The molecule has 128 valence electrons. The number of carbonyl (C=O) groups excluding carboxylic acids is 1. The first-order chi connectivity index (χ1) is 11.7. The van der Waals surface area contributed by atoms with Crippen LogP contribution in [0.4, 0.5) is 0 Å². The molecule has 0 atom stereocenters. The van der Waals surface area contributed by atoms with Crippen LogP contribution in [0.5, 0.6) is 11.5 Å². The van der Waals surface area contributed by atoms with E-state index in [0.717, 1.165) is 31.2 Å². The molecule has 0 heterocycles. The predicted molar refractivity (Wildman–Crippen MR) is 95.8 cm³/mol. The number of phenolic OH excluding ortho intramolecular Hbond substituents is 1. The van der Waals surface area contributed by atoms with Gasteiger partial charge in [0.25, 0.3) is 0 Å². The lowest BCUT2D eigenvalue weighted by Crippen LogP contribution is -2.10. The van der Waals surface area contributed by atoms with Crippen molar-refractivity contribution in [2.75, 3.05) is 13.2 Å². The highest BCUT2D eigenvalue weighted by molar-refractivity contribution is 6.10. The monoisotopic (exact) mass is 327 g/mol. The quantitative estimate of drug-likeness (QED) is 0.544. The highest BCUT2D eigenvalue weighted by atomic mass is 16.5. The Kier molecular flexibility index (Phi) is 6.82. The van der Waals surface area contributed by atoms with Gasteiger partial charge in [-0.05, 0) is 60.9 Å². The third-order valence-corrected chi connectivity index (χ3v) is 3.89. The van der Waals surface area contributed by atoms with E-state index in [4.69, 9.17) is 10.5 Å². The fourth-order valence-electron chi connectivity index (χ4n) is 2.61. The highest BCUT2D eigenvalue weighted by Gasteiger charge is 2.14. The maximum atomic E-state index is 12.8. The molecule has 0 bridgehead atoms. The number of benzene rings is 2. The van der Waals surface area contributed by atoms with Gasteiger partial charge < -0.3 is 15.6 Å². The molecule has 4 heteroatoms. The maximum Gasteiger partial charge on any atom is 0.193 e. The van der Waals surface area contributed by atoms with Crippen LogP contribution in [0.3, 0.4) is 0 Å². The normalized spacial score (nSPS) is 10.6. The summed E-state index contributed by atoms with van der Waals surface area (Å²) in [6.45, 7) is 3.05. The Morgan fingerprint density at radius 3 is 2.54 bits per heavy atom. The molecule has 0 aliphatic rings. The van der Waals surface area contributed by atoms with Crippen molar-refractivity contribution in [3.63, 3.8) is 0 Å². The van der Waals surface area contributed by atoms with E-state index in [1.807, 2.05) is 0 Å². The fraction of sp³-hybridized carbons (Fsp3) is 0.350. The maximum absolute atomic E-state index is 12.8. The van der Waals surface area contributed by atoms with Gasteiger partial charge in [-0.3, -0.25) is 4.79 Å². The van der Waals surface area contributed by atoms with Crippen LogP contribution in [-0.2, 0) is 6.42 Å². The molecule has 24 heavy (non-hydrogen) atoms. The fourth-order valence-corrected chi connectivity index (χ4v) is 2.61. The molecule has 0 saturated heterocycles. The van der Waals surface area contributed by atoms with Gasteiger partial charge in [0, 0.05) is 17.7 Å². The lowest BCUT2D eigenvalue weighted by molar-refractivity contribution is 0.103. The first kappa shape index (κ1) is 18.0. The van der Waals surface area contributed by atoms with Crippen LogP contribution in [-0.4, -0.2) is 24.0 Å². The number of aryl methyl sites for hydroxylation is 1. The van der Waals surface area contributed by atoms with Crippen LogP contribution >= 0.6 is 0 Å². The number of aromatic hydroxyl groups is 1. The molecule has 0 radical (unpaired) electrons. The largest absolute Gasteiger partial charge is 0.508 e.